The minimum Gasteiger partial charge on any atom is -0.406 e. The van der Waals surface area contributed by atoms with Crippen molar-refractivity contribution >= 4 is 6.21 Å². The zero-order valence-electron chi connectivity index (χ0n) is 14.8. The molecule has 0 spiro atoms. The van der Waals surface area contributed by atoms with E-state index in [2.05, 4.69) is 14.9 Å². The van der Waals surface area contributed by atoms with Crippen LogP contribution < -0.4 is 4.74 Å². The molecule has 144 valence electrons. The molecule has 8 heteroatoms. The third-order valence-corrected chi connectivity index (χ3v) is 4.42. The second kappa shape index (κ2) is 7.38. The fourth-order valence-electron chi connectivity index (χ4n) is 3.07. The van der Waals surface area contributed by atoms with Crippen molar-refractivity contribution in [2.45, 2.75) is 19.5 Å². The average Bonchev–Trinajstić information content (AvgIpc) is 3.19. The number of hydrogen-bond acceptors (Lipinski definition) is 4. The van der Waals surface area contributed by atoms with Crippen LogP contribution in [0.1, 0.15) is 11.1 Å². The monoisotopic (exact) mass is 386 g/mol. The molecule has 1 aromatic heterocycles. The second-order valence-electron chi connectivity index (χ2n) is 6.39. The highest BCUT2D eigenvalue weighted by Crippen LogP contribution is 2.28. The first kappa shape index (κ1) is 18.1. The van der Waals surface area contributed by atoms with Crippen LogP contribution in [0.3, 0.4) is 0 Å². The largest absolute Gasteiger partial charge is 0.573 e. The first-order chi connectivity index (χ1) is 13.5. The Bertz CT molecular complexity index is 966. The molecule has 2 aromatic carbocycles. The van der Waals surface area contributed by atoms with E-state index in [1.54, 1.807) is 18.3 Å². The Morgan fingerprint density at radius 1 is 1.00 bits per heavy atom. The smallest absolute Gasteiger partial charge is 0.406 e. The van der Waals surface area contributed by atoms with Crippen molar-refractivity contribution in [1.29, 1.82) is 0 Å². The van der Waals surface area contributed by atoms with Crippen molar-refractivity contribution in [3.63, 3.8) is 0 Å². The molecule has 2 heterocycles. The molecule has 0 fully saturated rings. The number of alkyl halides is 3. The number of fused-ring (bicyclic) bond motifs is 1. The number of benzene rings is 2. The van der Waals surface area contributed by atoms with Gasteiger partial charge in [-0.15, -0.1) is 13.2 Å². The van der Waals surface area contributed by atoms with Gasteiger partial charge in [0.05, 0.1) is 25.8 Å². The van der Waals surface area contributed by atoms with Crippen LogP contribution in [0.25, 0.3) is 11.1 Å². The predicted octanol–water partition coefficient (Wildman–Crippen LogP) is 4.30. The van der Waals surface area contributed by atoms with Gasteiger partial charge >= 0.3 is 6.36 Å². The molecule has 3 aromatic rings. The Morgan fingerprint density at radius 3 is 2.50 bits per heavy atom. The lowest BCUT2D eigenvalue weighted by molar-refractivity contribution is -0.274. The van der Waals surface area contributed by atoms with Gasteiger partial charge in [-0.25, -0.2) is 0 Å². The van der Waals surface area contributed by atoms with Crippen LogP contribution in [0, 0.1) is 0 Å². The average molecular weight is 386 g/mol. The van der Waals surface area contributed by atoms with Crippen LogP contribution in [0.5, 0.6) is 5.75 Å². The summed E-state index contributed by atoms with van der Waals surface area (Å²) in [6, 6.07) is 13.7. The number of ether oxygens (including phenoxy) is 1. The molecule has 0 saturated carbocycles. The molecule has 0 radical (unpaired) electrons. The number of rotatable bonds is 5. The lowest BCUT2D eigenvalue weighted by Crippen LogP contribution is -2.25. The third kappa shape index (κ3) is 4.33. The Kier molecular flexibility index (Phi) is 4.77. The fraction of sp³-hybridized carbons (Fsp3) is 0.200. The van der Waals surface area contributed by atoms with E-state index in [1.165, 1.54) is 12.1 Å². The van der Waals surface area contributed by atoms with Gasteiger partial charge in [0.1, 0.15) is 5.75 Å². The highest BCUT2D eigenvalue weighted by atomic mass is 19.4. The van der Waals surface area contributed by atoms with Crippen LogP contribution in [-0.2, 0) is 13.1 Å². The lowest BCUT2D eigenvalue weighted by atomic mass is 9.98. The van der Waals surface area contributed by atoms with Crippen molar-refractivity contribution < 1.29 is 17.9 Å². The van der Waals surface area contributed by atoms with Crippen molar-refractivity contribution in [1.82, 2.24) is 14.8 Å². The zero-order chi connectivity index (χ0) is 19.6. The Balaban J connectivity index is 1.47. The molecule has 0 saturated heterocycles. The molecule has 0 N–H and O–H groups in total. The third-order valence-electron chi connectivity index (χ3n) is 4.42. The van der Waals surface area contributed by atoms with Gasteiger partial charge in [-0.05, 0) is 46.5 Å². The molecule has 5 nitrogen and oxygen atoms in total. The second-order valence-corrected chi connectivity index (χ2v) is 6.39. The number of aromatic nitrogens is 2. The van der Waals surface area contributed by atoms with Crippen molar-refractivity contribution in [3.05, 3.63) is 72.1 Å². The van der Waals surface area contributed by atoms with Gasteiger partial charge in [-0.2, -0.15) is 10.2 Å². The number of hydrazone groups is 1. The molecule has 1 aliphatic heterocycles. The van der Waals surface area contributed by atoms with E-state index >= 15 is 0 Å². The summed E-state index contributed by atoms with van der Waals surface area (Å²) in [4.78, 5) is 0. The van der Waals surface area contributed by atoms with Gasteiger partial charge < -0.3 is 4.74 Å². The maximum absolute atomic E-state index is 12.3. The Hall–Kier alpha value is -3.29. The topological polar surface area (TPSA) is 42.6 Å². The van der Waals surface area contributed by atoms with Gasteiger partial charge in [0.2, 0.25) is 0 Å². The predicted molar refractivity (Wildman–Crippen MR) is 98.8 cm³/mol. The van der Waals surface area contributed by atoms with Gasteiger partial charge in [-0.3, -0.25) is 9.69 Å². The Morgan fingerprint density at radius 2 is 1.79 bits per heavy atom. The van der Waals surface area contributed by atoms with Crippen molar-refractivity contribution in [2.75, 3.05) is 6.54 Å². The van der Waals surface area contributed by atoms with E-state index in [1.807, 2.05) is 46.4 Å². The molecule has 0 bridgehead atoms. The summed E-state index contributed by atoms with van der Waals surface area (Å²) >= 11 is 0. The summed E-state index contributed by atoms with van der Waals surface area (Å²) < 4.78 is 42.7. The van der Waals surface area contributed by atoms with E-state index in [0.717, 1.165) is 35.3 Å². The maximum atomic E-state index is 12.3. The summed E-state index contributed by atoms with van der Waals surface area (Å²) in [7, 11) is 0. The van der Waals surface area contributed by atoms with Gasteiger partial charge in [-0.1, -0.05) is 24.3 Å². The van der Waals surface area contributed by atoms with Crippen LogP contribution >= 0.6 is 0 Å². The first-order valence-electron chi connectivity index (χ1n) is 8.72. The molecule has 0 unspecified atom stereocenters. The molecule has 0 amide bonds. The molecular formula is C20H17F3N4O. The SMILES string of the molecule is FC(F)(F)Oc1ccc(-c2ccc3c(c2)CN(CCn2cccn2)N=C3)cc1. The minimum absolute atomic E-state index is 0.230. The summed E-state index contributed by atoms with van der Waals surface area (Å²) in [6.45, 7) is 2.13. The number of nitrogens with zero attached hydrogens (tertiary/aromatic N) is 4. The van der Waals surface area contributed by atoms with Gasteiger partial charge in [0.25, 0.3) is 0 Å². The maximum Gasteiger partial charge on any atom is 0.573 e. The van der Waals surface area contributed by atoms with Crippen LogP contribution in [-0.4, -0.2) is 33.9 Å². The highest BCUT2D eigenvalue weighted by Gasteiger charge is 2.31. The van der Waals surface area contributed by atoms with E-state index in [-0.39, 0.29) is 5.75 Å². The lowest BCUT2D eigenvalue weighted by Gasteiger charge is -2.24. The highest BCUT2D eigenvalue weighted by molar-refractivity contribution is 5.84. The summed E-state index contributed by atoms with van der Waals surface area (Å²) in [5, 5.41) is 10.6. The molecule has 0 aliphatic carbocycles. The number of halogens is 3. The molecule has 0 atom stereocenters. The molecule has 4 rings (SSSR count). The molecule has 28 heavy (non-hydrogen) atoms. The van der Waals surface area contributed by atoms with Crippen LogP contribution in [0.15, 0.2) is 66.0 Å². The van der Waals surface area contributed by atoms with E-state index < -0.39 is 6.36 Å². The van der Waals surface area contributed by atoms with E-state index in [9.17, 15) is 13.2 Å². The number of hydrogen-bond donors (Lipinski definition) is 0. The Labute approximate surface area is 159 Å². The fourth-order valence-corrected chi connectivity index (χ4v) is 3.07. The summed E-state index contributed by atoms with van der Waals surface area (Å²) in [5.74, 6) is -0.230. The van der Waals surface area contributed by atoms with E-state index in [4.69, 9.17) is 0 Å². The molecular weight excluding hydrogens is 369 g/mol. The van der Waals surface area contributed by atoms with Crippen molar-refractivity contribution in [2.24, 2.45) is 5.10 Å². The summed E-state index contributed by atoms with van der Waals surface area (Å²) in [5.41, 5.74) is 3.90. The quantitative estimate of drug-likeness (QED) is 0.657. The normalized spacial score (nSPS) is 13.5. The van der Waals surface area contributed by atoms with Gasteiger partial charge in [0.15, 0.2) is 0 Å². The van der Waals surface area contributed by atoms with Gasteiger partial charge in [0, 0.05) is 12.4 Å². The van der Waals surface area contributed by atoms with Crippen molar-refractivity contribution in [3.8, 4) is 16.9 Å². The first-order valence-corrected chi connectivity index (χ1v) is 8.72. The summed E-state index contributed by atoms with van der Waals surface area (Å²) in [6.07, 6.45) is 0.788. The zero-order valence-corrected chi connectivity index (χ0v) is 14.8. The van der Waals surface area contributed by atoms with Crippen LogP contribution in [0.4, 0.5) is 13.2 Å². The molecule has 1 aliphatic rings. The van der Waals surface area contributed by atoms with E-state index in [0.29, 0.717) is 6.54 Å². The van der Waals surface area contributed by atoms with Crippen LogP contribution in [0.2, 0.25) is 0 Å². The standard InChI is InChI=1S/C20H17F3N4O/c21-20(22,23)28-19-6-4-15(5-7-19)16-2-3-17-13-25-27(14-18(17)12-16)11-10-26-9-1-8-24-26/h1-9,12-13H,10-11,14H2. The minimum atomic E-state index is -4.69.